The van der Waals surface area contributed by atoms with Crippen LogP contribution in [0.3, 0.4) is 0 Å². The van der Waals surface area contributed by atoms with Crippen LogP contribution in [0.5, 0.6) is 5.75 Å². The van der Waals surface area contributed by atoms with Crippen molar-refractivity contribution in [2.45, 2.75) is 71.6 Å². The lowest BCUT2D eigenvalue weighted by Gasteiger charge is -2.53. The molecule has 2 aliphatic rings. The summed E-state index contributed by atoms with van der Waals surface area (Å²) in [5.41, 5.74) is 4.08. The molecule has 0 spiro atoms. The highest BCUT2D eigenvalue weighted by Crippen LogP contribution is 2.56. The third-order valence-corrected chi connectivity index (χ3v) is 6.63. The van der Waals surface area contributed by atoms with E-state index < -0.39 is 0 Å². The fraction of sp³-hybridized carbons (Fsp3) is 0.667. The van der Waals surface area contributed by atoms with Crippen LogP contribution in [0.15, 0.2) is 12.1 Å². The Hall–Kier alpha value is -1.31. The van der Waals surface area contributed by atoms with E-state index in [-0.39, 0.29) is 10.8 Å². The first-order valence-electron chi connectivity index (χ1n) is 8.96. The van der Waals surface area contributed by atoms with Crippen molar-refractivity contribution in [1.29, 1.82) is 0 Å². The first-order valence-corrected chi connectivity index (χ1v) is 8.96. The summed E-state index contributed by atoms with van der Waals surface area (Å²) in [6, 6.07) is 4.65. The fourth-order valence-electron chi connectivity index (χ4n) is 5.17. The van der Waals surface area contributed by atoms with E-state index in [1.165, 1.54) is 16.7 Å². The molecule has 0 amide bonds. The maximum absolute atomic E-state index is 12.5. The molecule has 1 saturated carbocycles. The zero-order valence-corrected chi connectivity index (χ0v) is 15.5. The second-order valence-corrected chi connectivity index (χ2v) is 8.56. The number of carbonyl (C=O) groups excluding carboxylic acids is 1. The highest BCUT2D eigenvalue weighted by Gasteiger charge is 2.53. The maximum Gasteiger partial charge on any atom is 0.138 e. The van der Waals surface area contributed by atoms with Crippen LogP contribution in [0.1, 0.15) is 76.5 Å². The molecule has 0 radical (unpaired) electrons. The zero-order chi connectivity index (χ0) is 17.0. The number of hydrogen-bond acceptors (Lipinski definition) is 2. The molecule has 2 heteroatoms. The number of Topliss-reactive ketones (excluding diaryl/α,β-unsaturated/α-hetero) is 1. The van der Waals surface area contributed by atoms with E-state index in [2.05, 4.69) is 46.8 Å². The van der Waals surface area contributed by atoms with Gasteiger partial charge in [-0.25, -0.2) is 0 Å². The van der Waals surface area contributed by atoms with E-state index in [1.807, 2.05) is 0 Å². The highest BCUT2D eigenvalue weighted by atomic mass is 16.5. The third kappa shape index (κ3) is 2.33. The van der Waals surface area contributed by atoms with Crippen LogP contribution in [0, 0.1) is 11.3 Å². The molecule has 0 saturated heterocycles. The zero-order valence-electron chi connectivity index (χ0n) is 15.5. The van der Waals surface area contributed by atoms with Crippen molar-refractivity contribution in [1.82, 2.24) is 0 Å². The largest absolute Gasteiger partial charge is 0.496 e. The number of ketones is 1. The van der Waals surface area contributed by atoms with E-state index in [0.29, 0.717) is 24.0 Å². The van der Waals surface area contributed by atoms with E-state index >= 15 is 0 Å². The molecule has 2 nitrogen and oxygen atoms in total. The molecule has 1 aromatic rings. The van der Waals surface area contributed by atoms with Gasteiger partial charge in [0.05, 0.1) is 7.11 Å². The van der Waals surface area contributed by atoms with Gasteiger partial charge in [0.1, 0.15) is 11.5 Å². The Morgan fingerprint density at radius 2 is 1.87 bits per heavy atom. The summed E-state index contributed by atoms with van der Waals surface area (Å²) in [7, 11) is 1.77. The molecule has 2 aliphatic carbocycles. The number of fused-ring (bicyclic) bond motifs is 3. The van der Waals surface area contributed by atoms with Crippen LogP contribution >= 0.6 is 0 Å². The standard InChI is InChI=1S/C21H30O2/c1-13(2)15-11-14-7-8-18-20(3,4)19(22)9-10-21(18,5)16(14)12-17(15)23-6/h11-13,18H,7-10H2,1-6H3/t18-,21+/m0/s1. The molecule has 23 heavy (non-hydrogen) atoms. The van der Waals surface area contributed by atoms with Gasteiger partial charge in [-0.15, -0.1) is 0 Å². The lowest BCUT2D eigenvalue weighted by atomic mass is 9.50. The minimum Gasteiger partial charge on any atom is -0.496 e. The van der Waals surface area contributed by atoms with Crippen LogP contribution in [0.2, 0.25) is 0 Å². The fourth-order valence-corrected chi connectivity index (χ4v) is 5.17. The Bertz CT molecular complexity index is 641. The molecule has 3 rings (SSSR count). The summed E-state index contributed by atoms with van der Waals surface area (Å²) >= 11 is 0. The van der Waals surface area contributed by atoms with Crippen molar-refractivity contribution in [2.75, 3.05) is 7.11 Å². The lowest BCUT2D eigenvalue weighted by Crippen LogP contribution is -2.52. The molecule has 126 valence electrons. The average Bonchev–Trinajstić information content (AvgIpc) is 2.50. The summed E-state index contributed by atoms with van der Waals surface area (Å²) in [5, 5.41) is 0. The molecule has 0 bridgehead atoms. The van der Waals surface area contributed by atoms with Gasteiger partial charge in [-0.2, -0.15) is 0 Å². The van der Waals surface area contributed by atoms with Gasteiger partial charge >= 0.3 is 0 Å². The van der Waals surface area contributed by atoms with Gasteiger partial charge in [-0.05, 0) is 59.3 Å². The molecule has 0 aromatic heterocycles. The van der Waals surface area contributed by atoms with Crippen LogP contribution in [0.25, 0.3) is 0 Å². The van der Waals surface area contributed by atoms with Crippen LogP contribution in [0.4, 0.5) is 0 Å². The molecule has 0 heterocycles. The summed E-state index contributed by atoms with van der Waals surface area (Å²) < 4.78 is 5.70. The summed E-state index contributed by atoms with van der Waals surface area (Å²) in [6.07, 6.45) is 3.87. The predicted octanol–water partition coefficient (Wildman–Crippen LogP) is 5.03. The first kappa shape index (κ1) is 16.5. The van der Waals surface area contributed by atoms with E-state index in [0.717, 1.165) is 25.0 Å². The SMILES string of the molecule is COc1cc2c(cc1C(C)C)CC[C@H]1C(C)(C)C(=O)CC[C@]21C. The van der Waals surface area contributed by atoms with Crippen LogP contribution in [-0.4, -0.2) is 12.9 Å². The Morgan fingerprint density at radius 1 is 1.17 bits per heavy atom. The summed E-state index contributed by atoms with van der Waals surface area (Å²) in [4.78, 5) is 12.5. The molecular formula is C21H30O2. The van der Waals surface area contributed by atoms with Crippen LogP contribution in [-0.2, 0) is 16.6 Å². The van der Waals surface area contributed by atoms with Crippen molar-refractivity contribution in [3.05, 3.63) is 28.8 Å². The number of rotatable bonds is 2. The van der Waals surface area contributed by atoms with Crippen molar-refractivity contribution in [3.63, 3.8) is 0 Å². The second-order valence-electron chi connectivity index (χ2n) is 8.56. The van der Waals surface area contributed by atoms with E-state index in [9.17, 15) is 4.79 Å². The van der Waals surface area contributed by atoms with Crippen LogP contribution < -0.4 is 4.74 Å². The molecular weight excluding hydrogens is 284 g/mol. The van der Waals surface area contributed by atoms with Gasteiger partial charge < -0.3 is 4.74 Å². The molecule has 1 fully saturated rings. The van der Waals surface area contributed by atoms with E-state index in [1.54, 1.807) is 7.11 Å². The van der Waals surface area contributed by atoms with Gasteiger partial charge in [0.2, 0.25) is 0 Å². The summed E-state index contributed by atoms with van der Waals surface area (Å²) in [6.45, 7) is 11.1. The number of aryl methyl sites for hydroxylation is 1. The van der Waals surface area contributed by atoms with Gasteiger partial charge in [0.25, 0.3) is 0 Å². The Morgan fingerprint density at radius 3 is 2.48 bits per heavy atom. The second kappa shape index (κ2) is 5.36. The number of hydrogen-bond donors (Lipinski definition) is 0. The number of ether oxygens (including phenoxy) is 1. The Kier molecular flexibility index (Phi) is 3.85. The van der Waals surface area contributed by atoms with Gasteiger partial charge in [0, 0.05) is 11.8 Å². The highest BCUT2D eigenvalue weighted by molar-refractivity contribution is 5.86. The van der Waals surface area contributed by atoms with Gasteiger partial charge in [-0.3, -0.25) is 4.79 Å². The topological polar surface area (TPSA) is 26.3 Å². The molecule has 0 aliphatic heterocycles. The lowest BCUT2D eigenvalue weighted by molar-refractivity contribution is -0.137. The monoisotopic (exact) mass is 314 g/mol. The van der Waals surface area contributed by atoms with Crippen molar-refractivity contribution < 1.29 is 9.53 Å². The predicted molar refractivity (Wildman–Crippen MR) is 94.3 cm³/mol. The van der Waals surface area contributed by atoms with Crippen molar-refractivity contribution in [2.24, 2.45) is 11.3 Å². The molecule has 1 aromatic carbocycles. The maximum atomic E-state index is 12.5. The van der Waals surface area contributed by atoms with Crippen molar-refractivity contribution in [3.8, 4) is 5.75 Å². The van der Waals surface area contributed by atoms with Gasteiger partial charge in [0.15, 0.2) is 0 Å². The minimum absolute atomic E-state index is 0.0911. The summed E-state index contributed by atoms with van der Waals surface area (Å²) in [5.74, 6) is 2.34. The smallest absolute Gasteiger partial charge is 0.138 e. The van der Waals surface area contributed by atoms with Gasteiger partial charge in [-0.1, -0.05) is 40.7 Å². The Labute approximate surface area is 140 Å². The number of methoxy groups -OCH3 is 1. The van der Waals surface area contributed by atoms with Crippen molar-refractivity contribution >= 4 is 5.78 Å². The molecule has 2 atom stereocenters. The van der Waals surface area contributed by atoms with E-state index in [4.69, 9.17) is 4.74 Å². The minimum atomic E-state index is -0.214. The third-order valence-electron chi connectivity index (χ3n) is 6.63. The quantitative estimate of drug-likeness (QED) is 0.765. The first-order chi connectivity index (χ1) is 10.7. The average molecular weight is 314 g/mol. The normalized spacial score (nSPS) is 29.2. The number of benzene rings is 1. The molecule has 0 unspecified atom stereocenters. The molecule has 0 N–H and O–H groups in total. The Balaban J connectivity index is 2.15. The number of carbonyl (C=O) groups is 1.